The molecular formula is C23H18Cl2N2O2. The van der Waals surface area contributed by atoms with E-state index in [0.29, 0.717) is 52.1 Å². The minimum atomic E-state index is -0.0664. The molecule has 4 aromatic rings. The maximum absolute atomic E-state index is 13.1. The molecule has 0 N–H and O–H groups in total. The molecule has 4 rings (SSSR count). The Bertz CT molecular complexity index is 1200. The Kier molecular flexibility index (Phi) is 5.84. The third-order valence-electron chi connectivity index (χ3n) is 4.55. The van der Waals surface area contributed by atoms with Gasteiger partial charge in [-0.15, -0.1) is 0 Å². The number of para-hydroxylation sites is 1. The highest BCUT2D eigenvalue weighted by molar-refractivity contribution is 6.30. The summed E-state index contributed by atoms with van der Waals surface area (Å²) in [5, 5.41) is 1.86. The molecule has 0 bridgehead atoms. The normalized spacial score (nSPS) is 11.0. The molecule has 1 heterocycles. The predicted molar refractivity (Wildman–Crippen MR) is 118 cm³/mol. The lowest BCUT2D eigenvalue weighted by Gasteiger charge is -2.14. The SMILES string of the molecule is O=c1c2ccccc2nc(-c2ccc(Cl)cc2)n1CCCOc1cccc(Cl)c1. The molecule has 0 saturated carbocycles. The first-order valence-electron chi connectivity index (χ1n) is 9.26. The summed E-state index contributed by atoms with van der Waals surface area (Å²) in [6.45, 7) is 0.939. The van der Waals surface area contributed by atoms with Crippen LogP contribution in [0.15, 0.2) is 77.6 Å². The van der Waals surface area contributed by atoms with Gasteiger partial charge in [0.05, 0.1) is 17.5 Å². The number of benzene rings is 3. The van der Waals surface area contributed by atoms with Gasteiger partial charge in [0.25, 0.3) is 5.56 Å². The zero-order valence-corrected chi connectivity index (χ0v) is 17.0. The molecule has 0 spiro atoms. The summed E-state index contributed by atoms with van der Waals surface area (Å²) in [5.41, 5.74) is 1.45. The van der Waals surface area contributed by atoms with E-state index >= 15 is 0 Å². The summed E-state index contributed by atoms with van der Waals surface area (Å²) in [5.74, 6) is 1.33. The van der Waals surface area contributed by atoms with Gasteiger partial charge in [-0.05, 0) is 61.0 Å². The second-order valence-electron chi connectivity index (χ2n) is 6.58. The monoisotopic (exact) mass is 424 g/mol. The van der Waals surface area contributed by atoms with Crippen molar-refractivity contribution in [2.75, 3.05) is 6.61 Å². The average Bonchev–Trinajstić information content (AvgIpc) is 2.73. The van der Waals surface area contributed by atoms with Crippen LogP contribution in [0.3, 0.4) is 0 Å². The first-order valence-corrected chi connectivity index (χ1v) is 10.0. The Morgan fingerprint density at radius 1 is 0.897 bits per heavy atom. The Morgan fingerprint density at radius 3 is 2.48 bits per heavy atom. The van der Waals surface area contributed by atoms with Gasteiger partial charge in [0, 0.05) is 22.2 Å². The van der Waals surface area contributed by atoms with Crippen LogP contribution in [0.5, 0.6) is 5.75 Å². The standard InChI is InChI=1S/C23H18Cl2N2O2/c24-17-11-9-16(10-12-17)22-26-21-8-2-1-7-20(21)23(28)27(22)13-4-14-29-19-6-3-5-18(25)15-19/h1-3,5-12,15H,4,13-14H2. The van der Waals surface area contributed by atoms with E-state index in [-0.39, 0.29) is 5.56 Å². The molecule has 4 nitrogen and oxygen atoms in total. The molecule has 0 aliphatic carbocycles. The first kappa shape index (κ1) is 19.5. The van der Waals surface area contributed by atoms with E-state index in [2.05, 4.69) is 0 Å². The summed E-state index contributed by atoms with van der Waals surface area (Å²) in [6.07, 6.45) is 0.646. The van der Waals surface area contributed by atoms with Gasteiger partial charge in [0.15, 0.2) is 0 Å². The van der Waals surface area contributed by atoms with Crippen molar-refractivity contribution in [3.8, 4) is 17.1 Å². The number of nitrogens with zero attached hydrogens (tertiary/aromatic N) is 2. The number of halogens is 2. The van der Waals surface area contributed by atoms with Crippen LogP contribution >= 0.6 is 23.2 Å². The molecule has 0 saturated heterocycles. The second-order valence-corrected chi connectivity index (χ2v) is 7.45. The summed E-state index contributed by atoms with van der Waals surface area (Å²) >= 11 is 12.0. The zero-order chi connectivity index (χ0) is 20.2. The second kappa shape index (κ2) is 8.68. The lowest BCUT2D eigenvalue weighted by molar-refractivity contribution is 0.301. The molecule has 3 aromatic carbocycles. The number of hydrogen-bond donors (Lipinski definition) is 0. The highest BCUT2D eigenvalue weighted by Gasteiger charge is 2.12. The Morgan fingerprint density at radius 2 is 1.69 bits per heavy atom. The summed E-state index contributed by atoms with van der Waals surface area (Å²) in [7, 11) is 0. The number of ether oxygens (including phenoxy) is 1. The lowest BCUT2D eigenvalue weighted by atomic mass is 10.1. The molecular weight excluding hydrogens is 407 g/mol. The third-order valence-corrected chi connectivity index (χ3v) is 5.04. The Hall–Kier alpha value is -2.82. The predicted octanol–water partition coefficient (Wildman–Crippen LogP) is 5.84. The number of rotatable bonds is 6. The number of fused-ring (bicyclic) bond motifs is 1. The fourth-order valence-electron chi connectivity index (χ4n) is 3.16. The van der Waals surface area contributed by atoms with E-state index in [1.165, 1.54) is 0 Å². The summed E-state index contributed by atoms with van der Waals surface area (Å²) in [6, 6.07) is 22.0. The molecule has 0 amide bonds. The van der Waals surface area contributed by atoms with E-state index in [9.17, 15) is 4.79 Å². The van der Waals surface area contributed by atoms with Crippen LogP contribution in [0.1, 0.15) is 6.42 Å². The molecule has 0 unspecified atom stereocenters. The van der Waals surface area contributed by atoms with Gasteiger partial charge in [-0.25, -0.2) is 4.98 Å². The maximum atomic E-state index is 13.1. The quantitative estimate of drug-likeness (QED) is 0.365. The van der Waals surface area contributed by atoms with Crippen LogP contribution in [0, 0.1) is 0 Å². The molecule has 0 aliphatic heterocycles. The highest BCUT2D eigenvalue weighted by atomic mass is 35.5. The summed E-state index contributed by atoms with van der Waals surface area (Å²) in [4.78, 5) is 17.9. The third kappa shape index (κ3) is 4.44. The minimum Gasteiger partial charge on any atom is -0.493 e. The van der Waals surface area contributed by atoms with Crippen LogP contribution in [0.25, 0.3) is 22.3 Å². The maximum Gasteiger partial charge on any atom is 0.261 e. The van der Waals surface area contributed by atoms with Gasteiger partial charge in [-0.3, -0.25) is 9.36 Å². The largest absolute Gasteiger partial charge is 0.493 e. The molecule has 0 radical (unpaired) electrons. The molecule has 0 aliphatic rings. The van der Waals surface area contributed by atoms with Crippen molar-refractivity contribution >= 4 is 34.1 Å². The molecule has 6 heteroatoms. The van der Waals surface area contributed by atoms with E-state index in [1.807, 2.05) is 42.5 Å². The van der Waals surface area contributed by atoms with Gasteiger partial charge in [-0.1, -0.05) is 41.4 Å². The number of hydrogen-bond acceptors (Lipinski definition) is 3. The first-order chi connectivity index (χ1) is 14.1. The van der Waals surface area contributed by atoms with Crippen LogP contribution in [0.2, 0.25) is 10.0 Å². The van der Waals surface area contributed by atoms with E-state index < -0.39 is 0 Å². The zero-order valence-electron chi connectivity index (χ0n) is 15.5. The van der Waals surface area contributed by atoms with Crippen molar-refractivity contribution in [1.82, 2.24) is 9.55 Å². The molecule has 1 aromatic heterocycles. The summed E-state index contributed by atoms with van der Waals surface area (Å²) < 4.78 is 7.46. The van der Waals surface area contributed by atoms with Crippen molar-refractivity contribution < 1.29 is 4.74 Å². The Labute approximate surface area is 178 Å². The fourth-order valence-corrected chi connectivity index (χ4v) is 3.47. The van der Waals surface area contributed by atoms with Crippen molar-refractivity contribution in [2.45, 2.75) is 13.0 Å². The fraction of sp³-hybridized carbons (Fsp3) is 0.130. The van der Waals surface area contributed by atoms with Crippen molar-refractivity contribution in [3.05, 3.63) is 93.2 Å². The van der Waals surface area contributed by atoms with Crippen molar-refractivity contribution in [1.29, 1.82) is 0 Å². The van der Waals surface area contributed by atoms with Crippen LogP contribution in [0.4, 0.5) is 0 Å². The Balaban J connectivity index is 1.62. The average molecular weight is 425 g/mol. The molecule has 29 heavy (non-hydrogen) atoms. The topological polar surface area (TPSA) is 44.1 Å². The van der Waals surface area contributed by atoms with E-state index in [1.54, 1.807) is 34.9 Å². The smallest absolute Gasteiger partial charge is 0.261 e. The van der Waals surface area contributed by atoms with Gasteiger partial charge in [-0.2, -0.15) is 0 Å². The van der Waals surface area contributed by atoms with Crippen LogP contribution in [-0.2, 0) is 6.54 Å². The molecule has 0 atom stereocenters. The van der Waals surface area contributed by atoms with Gasteiger partial charge in [0.2, 0.25) is 0 Å². The van der Waals surface area contributed by atoms with Gasteiger partial charge in [0.1, 0.15) is 11.6 Å². The van der Waals surface area contributed by atoms with Crippen LogP contribution < -0.4 is 10.3 Å². The molecule has 0 fully saturated rings. The van der Waals surface area contributed by atoms with Gasteiger partial charge >= 0.3 is 0 Å². The van der Waals surface area contributed by atoms with E-state index in [0.717, 1.165) is 5.56 Å². The van der Waals surface area contributed by atoms with Crippen molar-refractivity contribution in [3.63, 3.8) is 0 Å². The number of aromatic nitrogens is 2. The van der Waals surface area contributed by atoms with E-state index in [4.69, 9.17) is 32.9 Å². The highest BCUT2D eigenvalue weighted by Crippen LogP contribution is 2.22. The van der Waals surface area contributed by atoms with Crippen LogP contribution in [-0.4, -0.2) is 16.2 Å². The molecule has 146 valence electrons. The lowest BCUT2D eigenvalue weighted by Crippen LogP contribution is -2.24. The van der Waals surface area contributed by atoms with Crippen molar-refractivity contribution in [2.24, 2.45) is 0 Å². The minimum absolute atomic E-state index is 0.0664. The van der Waals surface area contributed by atoms with Gasteiger partial charge < -0.3 is 4.74 Å².